The zero-order chi connectivity index (χ0) is 12.3. The molecule has 1 aromatic heterocycles. The van der Waals surface area contributed by atoms with E-state index in [1.165, 1.54) is 0 Å². The van der Waals surface area contributed by atoms with Crippen molar-refractivity contribution in [3.8, 4) is 0 Å². The third-order valence-corrected chi connectivity index (χ3v) is 5.52. The second-order valence-electron chi connectivity index (χ2n) is 4.53. The van der Waals surface area contributed by atoms with Gasteiger partial charge >= 0.3 is 0 Å². The van der Waals surface area contributed by atoms with Crippen LogP contribution in [0.25, 0.3) is 0 Å². The van der Waals surface area contributed by atoms with E-state index < -0.39 is 9.84 Å². The molecule has 1 fully saturated rings. The van der Waals surface area contributed by atoms with E-state index in [2.05, 4.69) is 10.3 Å². The number of nitrogens with zero attached hydrogens (tertiary/aromatic N) is 1. The van der Waals surface area contributed by atoms with E-state index in [-0.39, 0.29) is 5.25 Å². The Hall–Kier alpha value is -0.940. The monoisotopic (exact) mass is 254 g/mol. The lowest BCUT2D eigenvalue weighted by Gasteiger charge is -2.11. The van der Waals surface area contributed by atoms with Crippen LogP contribution in [0.15, 0.2) is 18.3 Å². The molecule has 2 rings (SSSR count). The summed E-state index contributed by atoms with van der Waals surface area (Å²) in [6, 6.07) is 3.91. The maximum Gasteiger partial charge on any atom is 0.154 e. The minimum atomic E-state index is -2.83. The summed E-state index contributed by atoms with van der Waals surface area (Å²) in [4.78, 5) is 4.27. The fourth-order valence-electron chi connectivity index (χ4n) is 2.14. The molecule has 1 saturated heterocycles. The molecule has 0 aromatic carbocycles. The largest absolute Gasteiger partial charge is 0.310 e. The summed E-state index contributed by atoms with van der Waals surface area (Å²) in [5.74, 6) is 0.349. The first-order valence-electron chi connectivity index (χ1n) is 5.92. The van der Waals surface area contributed by atoms with Crippen LogP contribution < -0.4 is 5.32 Å². The molecule has 4 nitrogen and oxygen atoms in total. The fraction of sp³-hybridized carbons (Fsp3) is 0.583. The molecule has 2 heterocycles. The van der Waals surface area contributed by atoms with E-state index in [0.29, 0.717) is 18.8 Å². The van der Waals surface area contributed by atoms with Gasteiger partial charge in [0, 0.05) is 19.3 Å². The molecule has 94 valence electrons. The number of aryl methyl sites for hydroxylation is 1. The van der Waals surface area contributed by atoms with Gasteiger partial charge in [-0.1, -0.05) is 6.07 Å². The van der Waals surface area contributed by atoms with Crippen LogP contribution in [-0.2, 0) is 16.4 Å². The minimum Gasteiger partial charge on any atom is -0.310 e. The van der Waals surface area contributed by atoms with Gasteiger partial charge in [0.15, 0.2) is 9.84 Å². The SMILES string of the molecule is Cc1cccnc1CNCC1CCCS1(=O)=O. The van der Waals surface area contributed by atoms with Crippen molar-refractivity contribution in [2.24, 2.45) is 0 Å². The molecule has 1 aromatic rings. The molecule has 1 atom stereocenters. The summed E-state index contributed by atoms with van der Waals surface area (Å²) in [6.07, 6.45) is 3.35. The van der Waals surface area contributed by atoms with Crippen molar-refractivity contribution in [3.05, 3.63) is 29.6 Å². The van der Waals surface area contributed by atoms with Gasteiger partial charge in [-0.15, -0.1) is 0 Å². The highest BCUT2D eigenvalue weighted by Crippen LogP contribution is 2.19. The normalized spacial score (nSPS) is 22.8. The van der Waals surface area contributed by atoms with E-state index >= 15 is 0 Å². The summed E-state index contributed by atoms with van der Waals surface area (Å²) < 4.78 is 23.2. The summed E-state index contributed by atoms with van der Waals surface area (Å²) in [6.45, 7) is 3.19. The molecule has 0 saturated carbocycles. The third kappa shape index (κ3) is 3.04. The predicted octanol–water partition coefficient (Wildman–Crippen LogP) is 1.06. The topological polar surface area (TPSA) is 59.1 Å². The fourth-order valence-corrected chi connectivity index (χ4v) is 3.94. The molecule has 0 amide bonds. The first kappa shape index (κ1) is 12.5. The average molecular weight is 254 g/mol. The highest BCUT2D eigenvalue weighted by molar-refractivity contribution is 7.92. The van der Waals surface area contributed by atoms with Crippen LogP contribution in [0.4, 0.5) is 0 Å². The first-order chi connectivity index (χ1) is 8.09. The number of aromatic nitrogens is 1. The van der Waals surface area contributed by atoms with E-state index in [1.54, 1.807) is 6.20 Å². The van der Waals surface area contributed by atoms with Crippen LogP contribution in [0, 0.1) is 6.92 Å². The van der Waals surface area contributed by atoms with Crippen molar-refractivity contribution in [2.45, 2.75) is 31.6 Å². The van der Waals surface area contributed by atoms with Crippen molar-refractivity contribution >= 4 is 9.84 Å². The van der Waals surface area contributed by atoms with E-state index in [4.69, 9.17) is 0 Å². The van der Waals surface area contributed by atoms with Crippen molar-refractivity contribution in [3.63, 3.8) is 0 Å². The second-order valence-corrected chi connectivity index (χ2v) is 6.93. The van der Waals surface area contributed by atoms with Crippen LogP contribution >= 0.6 is 0 Å². The average Bonchev–Trinajstić information content (AvgIpc) is 2.61. The molecule has 1 aliphatic rings. The minimum absolute atomic E-state index is 0.202. The lowest BCUT2D eigenvalue weighted by atomic mass is 10.2. The molecule has 1 N–H and O–H groups in total. The Morgan fingerprint density at radius 1 is 1.53 bits per heavy atom. The van der Waals surface area contributed by atoms with Crippen LogP contribution in [0.3, 0.4) is 0 Å². The zero-order valence-electron chi connectivity index (χ0n) is 10.0. The number of pyridine rings is 1. The van der Waals surface area contributed by atoms with Gasteiger partial charge in [-0.2, -0.15) is 0 Å². The molecule has 0 radical (unpaired) electrons. The Kier molecular flexibility index (Phi) is 3.79. The van der Waals surface area contributed by atoms with E-state index in [9.17, 15) is 8.42 Å². The zero-order valence-corrected chi connectivity index (χ0v) is 10.8. The van der Waals surface area contributed by atoms with Crippen LogP contribution in [0.1, 0.15) is 24.1 Å². The van der Waals surface area contributed by atoms with Gasteiger partial charge in [0.05, 0.1) is 16.7 Å². The number of hydrogen-bond acceptors (Lipinski definition) is 4. The highest BCUT2D eigenvalue weighted by atomic mass is 32.2. The molecular weight excluding hydrogens is 236 g/mol. The van der Waals surface area contributed by atoms with Crippen molar-refractivity contribution in [1.82, 2.24) is 10.3 Å². The molecule has 17 heavy (non-hydrogen) atoms. The Balaban J connectivity index is 1.86. The molecule has 0 aliphatic carbocycles. The standard InChI is InChI=1S/C12H18N2O2S/c1-10-4-2-6-14-12(10)9-13-8-11-5-3-7-17(11,15)16/h2,4,6,11,13H,3,5,7-9H2,1H3. The van der Waals surface area contributed by atoms with Crippen LogP contribution in [0.2, 0.25) is 0 Å². The van der Waals surface area contributed by atoms with Gasteiger partial charge in [0.2, 0.25) is 0 Å². The molecule has 5 heteroatoms. The summed E-state index contributed by atoms with van der Waals surface area (Å²) in [7, 11) is -2.83. The summed E-state index contributed by atoms with van der Waals surface area (Å²) >= 11 is 0. The first-order valence-corrected chi connectivity index (χ1v) is 7.64. The van der Waals surface area contributed by atoms with Crippen molar-refractivity contribution < 1.29 is 8.42 Å². The predicted molar refractivity (Wildman–Crippen MR) is 67.5 cm³/mol. The highest BCUT2D eigenvalue weighted by Gasteiger charge is 2.30. The molecule has 1 unspecified atom stereocenters. The number of rotatable bonds is 4. The smallest absolute Gasteiger partial charge is 0.154 e. The lowest BCUT2D eigenvalue weighted by Crippen LogP contribution is -2.30. The summed E-state index contributed by atoms with van der Waals surface area (Å²) in [5, 5.41) is 3.00. The number of nitrogens with one attached hydrogen (secondary N) is 1. The third-order valence-electron chi connectivity index (χ3n) is 3.25. The van der Waals surface area contributed by atoms with Gasteiger partial charge < -0.3 is 5.32 Å². The Labute approximate surface area is 102 Å². The molecule has 1 aliphatic heterocycles. The van der Waals surface area contributed by atoms with E-state index in [1.807, 2.05) is 19.1 Å². The molecular formula is C12H18N2O2S. The molecule has 0 bridgehead atoms. The van der Waals surface area contributed by atoms with Crippen LogP contribution in [0.5, 0.6) is 0 Å². The van der Waals surface area contributed by atoms with Crippen LogP contribution in [-0.4, -0.2) is 30.9 Å². The van der Waals surface area contributed by atoms with Gasteiger partial charge in [0.25, 0.3) is 0 Å². The van der Waals surface area contributed by atoms with Gasteiger partial charge in [-0.05, 0) is 31.4 Å². The quantitative estimate of drug-likeness (QED) is 0.872. The molecule has 0 spiro atoms. The number of sulfone groups is 1. The van der Waals surface area contributed by atoms with Crippen molar-refractivity contribution in [2.75, 3.05) is 12.3 Å². The van der Waals surface area contributed by atoms with Crippen molar-refractivity contribution in [1.29, 1.82) is 0 Å². The Morgan fingerprint density at radius 2 is 2.35 bits per heavy atom. The maximum absolute atomic E-state index is 11.6. The Morgan fingerprint density at radius 3 is 3.00 bits per heavy atom. The summed E-state index contributed by atoms with van der Waals surface area (Å²) in [5.41, 5.74) is 2.12. The maximum atomic E-state index is 11.6. The lowest BCUT2D eigenvalue weighted by molar-refractivity contribution is 0.572. The second kappa shape index (κ2) is 5.14. The number of hydrogen-bond donors (Lipinski definition) is 1. The van der Waals surface area contributed by atoms with Gasteiger partial charge in [0.1, 0.15) is 0 Å². The van der Waals surface area contributed by atoms with Gasteiger partial charge in [-0.3, -0.25) is 4.98 Å². The van der Waals surface area contributed by atoms with Gasteiger partial charge in [-0.25, -0.2) is 8.42 Å². The Bertz CT molecular complexity index is 485. The van der Waals surface area contributed by atoms with E-state index in [0.717, 1.165) is 24.1 Å².